The first kappa shape index (κ1) is 23.1. The van der Waals surface area contributed by atoms with Crippen LogP contribution in [0.25, 0.3) is 0 Å². The minimum absolute atomic E-state index is 0.0546. The van der Waals surface area contributed by atoms with E-state index in [1.807, 2.05) is 6.92 Å². The van der Waals surface area contributed by atoms with E-state index in [4.69, 9.17) is 9.47 Å². The monoisotopic (exact) mass is 473 g/mol. The summed E-state index contributed by atoms with van der Waals surface area (Å²) < 4.78 is 39.6. The molecule has 2 aliphatic rings. The van der Waals surface area contributed by atoms with E-state index in [-0.39, 0.29) is 23.1 Å². The Balaban J connectivity index is 1.61. The number of carbonyl (C=O) groups excluding carboxylic acids is 2. The number of carbonyl (C=O) groups is 2. The fraction of sp³-hybridized carbons (Fsp3) is 0.391. The van der Waals surface area contributed by atoms with Gasteiger partial charge in [0, 0.05) is 12.6 Å². The normalized spacial score (nSPS) is 20.5. The number of nitrogens with one attached hydrogen (secondary N) is 2. The van der Waals surface area contributed by atoms with E-state index in [2.05, 4.69) is 10.6 Å². The van der Waals surface area contributed by atoms with E-state index in [9.17, 15) is 18.0 Å². The third kappa shape index (κ3) is 4.40. The molecule has 0 aliphatic carbocycles. The van der Waals surface area contributed by atoms with E-state index in [0.717, 1.165) is 0 Å². The zero-order valence-electron chi connectivity index (χ0n) is 18.8. The standard InChI is InChI=1S/C23H27N3O6S/c1-4-31-19-10-6-5-8-16(19)24-23(28)18-9-7-11-26(18)33(29,30)21-13-20-17(12-14(21)2)25-22(27)15(3)32-20/h5-6,8,10,12-13,15,18H,4,7,9,11H2,1-3H3,(H,24,28)(H,25,27). The average molecular weight is 474 g/mol. The van der Waals surface area contributed by atoms with E-state index in [1.165, 1.54) is 10.4 Å². The molecule has 0 spiro atoms. The van der Waals surface area contributed by atoms with Crippen molar-refractivity contribution in [3.8, 4) is 11.5 Å². The van der Waals surface area contributed by atoms with Gasteiger partial charge in [-0.1, -0.05) is 12.1 Å². The topological polar surface area (TPSA) is 114 Å². The number of benzene rings is 2. The van der Waals surface area contributed by atoms with Crippen molar-refractivity contribution in [2.24, 2.45) is 0 Å². The second kappa shape index (κ2) is 9.03. The molecule has 2 N–H and O–H groups in total. The van der Waals surface area contributed by atoms with Crippen LogP contribution in [0.2, 0.25) is 0 Å². The van der Waals surface area contributed by atoms with Crippen molar-refractivity contribution >= 4 is 33.2 Å². The number of sulfonamides is 1. The Labute approximate surface area is 193 Å². The Morgan fingerprint density at radius 3 is 2.82 bits per heavy atom. The van der Waals surface area contributed by atoms with Crippen LogP contribution in [-0.2, 0) is 19.6 Å². The van der Waals surface area contributed by atoms with Crippen LogP contribution in [0.3, 0.4) is 0 Å². The lowest BCUT2D eigenvalue weighted by atomic mass is 10.1. The lowest BCUT2D eigenvalue weighted by Crippen LogP contribution is -2.43. The van der Waals surface area contributed by atoms with Crippen molar-refractivity contribution in [3.63, 3.8) is 0 Å². The average Bonchev–Trinajstić information content (AvgIpc) is 3.27. The van der Waals surface area contributed by atoms with Gasteiger partial charge in [0.2, 0.25) is 15.9 Å². The summed E-state index contributed by atoms with van der Waals surface area (Å²) in [4.78, 5) is 25.0. The highest BCUT2D eigenvalue weighted by Crippen LogP contribution is 2.37. The van der Waals surface area contributed by atoms with Gasteiger partial charge >= 0.3 is 0 Å². The molecule has 9 nitrogen and oxygen atoms in total. The molecule has 1 saturated heterocycles. The highest BCUT2D eigenvalue weighted by atomic mass is 32.2. The van der Waals surface area contributed by atoms with E-state index in [0.29, 0.717) is 42.1 Å². The Kier molecular flexibility index (Phi) is 6.31. The smallest absolute Gasteiger partial charge is 0.265 e. The number of fused-ring (bicyclic) bond motifs is 1. The molecule has 2 aliphatic heterocycles. The summed E-state index contributed by atoms with van der Waals surface area (Å²) in [5.41, 5.74) is 1.38. The first-order valence-electron chi connectivity index (χ1n) is 10.9. The molecule has 4 rings (SSSR count). The van der Waals surface area contributed by atoms with Crippen LogP contribution in [0.1, 0.15) is 32.3 Å². The molecular formula is C23H27N3O6S. The van der Waals surface area contributed by atoms with Crippen LogP contribution in [0, 0.1) is 6.92 Å². The minimum atomic E-state index is -3.99. The number of para-hydroxylation sites is 2. The molecule has 0 saturated carbocycles. The van der Waals surface area contributed by atoms with Crippen molar-refractivity contribution in [1.29, 1.82) is 0 Å². The van der Waals surface area contributed by atoms with Crippen molar-refractivity contribution in [3.05, 3.63) is 42.0 Å². The summed E-state index contributed by atoms with van der Waals surface area (Å²) in [5, 5.41) is 5.54. The van der Waals surface area contributed by atoms with E-state index in [1.54, 1.807) is 44.2 Å². The summed E-state index contributed by atoms with van der Waals surface area (Å²) in [5.74, 6) is 0.119. The van der Waals surface area contributed by atoms with Crippen LogP contribution < -0.4 is 20.1 Å². The molecule has 0 radical (unpaired) electrons. The van der Waals surface area contributed by atoms with Crippen molar-refractivity contribution in [2.45, 2.75) is 50.7 Å². The maximum Gasteiger partial charge on any atom is 0.265 e. The lowest BCUT2D eigenvalue weighted by Gasteiger charge is -2.27. The van der Waals surface area contributed by atoms with Crippen LogP contribution in [0.4, 0.5) is 11.4 Å². The Morgan fingerprint density at radius 1 is 1.30 bits per heavy atom. The van der Waals surface area contributed by atoms with Gasteiger partial charge in [0.1, 0.15) is 17.5 Å². The molecule has 2 heterocycles. The highest BCUT2D eigenvalue weighted by molar-refractivity contribution is 7.89. The maximum atomic E-state index is 13.6. The van der Waals surface area contributed by atoms with Gasteiger partial charge in [-0.3, -0.25) is 9.59 Å². The summed E-state index contributed by atoms with van der Waals surface area (Å²) in [6, 6.07) is 9.20. The zero-order chi connectivity index (χ0) is 23.8. The van der Waals surface area contributed by atoms with Gasteiger partial charge in [0.15, 0.2) is 6.10 Å². The Bertz CT molecular complexity index is 1200. The predicted molar refractivity (Wildman–Crippen MR) is 123 cm³/mol. The van der Waals surface area contributed by atoms with Gasteiger partial charge in [-0.25, -0.2) is 8.42 Å². The number of anilines is 2. The molecule has 2 amide bonds. The van der Waals surface area contributed by atoms with Crippen molar-refractivity contribution in [1.82, 2.24) is 4.31 Å². The number of ether oxygens (including phenoxy) is 2. The molecule has 0 aromatic heterocycles. The van der Waals surface area contributed by atoms with Crippen LogP contribution >= 0.6 is 0 Å². The number of hydrogen-bond acceptors (Lipinski definition) is 6. The molecule has 2 aromatic carbocycles. The number of nitrogens with zero attached hydrogens (tertiary/aromatic N) is 1. The second-order valence-electron chi connectivity index (χ2n) is 8.06. The van der Waals surface area contributed by atoms with Crippen LogP contribution in [-0.4, -0.2) is 49.8 Å². The first-order valence-corrected chi connectivity index (χ1v) is 12.3. The van der Waals surface area contributed by atoms with Gasteiger partial charge in [-0.05, 0) is 57.4 Å². The van der Waals surface area contributed by atoms with E-state index >= 15 is 0 Å². The number of aryl methyl sites for hydroxylation is 1. The van der Waals surface area contributed by atoms with Gasteiger partial charge in [0.05, 0.1) is 22.9 Å². The van der Waals surface area contributed by atoms with Gasteiger partial charge in [0.25, 0.3) is 5.91 Å². The fourth-order valence-electron chi connectivity index (χ4n) is 4.10. The SMILES string of the molecule is CCOc1ccccc1NC(=O)C1CCCN1S(=O)(=O)c1cc2c(cc1C)NC(=O)C(C)O2. The molecule has 2 unspecified atom stereocenters. The van der Waals surface area contributed by atoms with Crippen LogP contribution in [0.5, 0.6) is 11.5 Å². The van der Waals surface area contributed by atoms with Gasteiger partial charge in [-0.2, -0.15) is 4.31 Å². The molecule has 1 fully saturated rings. The van der Waals surface area contributed by atoms with Gasteiger partial charge in [-0.15, -0.1) is 0 Å². The fourth-order valence-corrected chi connectivity index (χ4v) is 5.98. The lowest BCUT2D eigenvalue weighted by molar-refractivity contribution is -0.122. The van der Waals surface area contributed by atoms with Crippen LogP contribution in [0.15, 0.2) is 41.3 Å². The summed E-state index contributed by atoms with van der Waals surface area (Å²) >= 11 is 0. The molecule has 176 valence electrons. The third-order valence-corrected chi connectivity index (χ3v) is 7.80. The summed E-state index contributed by atoms with van der Waals surface area (Å²) in [6.07, 6.45) is 0.250. The van der Waals surface area contributed by atoms with Crippen molar-refractivity contribution in [2.75, 3.05) is 23.8 Å². The number of hydrogen-bond donors (Lipinski definition) is 2. The number of rotatable bonds is 6. The van der Waals surface area contributed by atoms with E-state index < -0.39 is 28.1 Å². The Morgan fingerprint density at radius 2 is 2.06 bits per heavy atom. The molecule has 33 heavy (non-hydrogen) atoms. The second-order valence-corrected chi connectivity index (χ2v) is 9.91. The molecule has 0 bridgehead atoms. The van der Waals surface area contributed by atoms with Gasteiger partial charge < -0.3 is 20.1 Å². The Hall–Kier alpha value is -3.11. The molecular weight excluding hydrogens is 446 g/mol. The zero-order valence-corrected chi connectivity index (χ0v) is 19.6. The molecule has 2 aromatic rings. The summed E-state index contributed by atoms with van der Waals surface area (Å²) in [6.45, 7) is 5.77. The van der Waals surface area contributed by atoms with Crippen molar-refractivity contribution < 1.29 is 27.5 Å². The summed E-state index contributed by atoms with van der Waals surface area (Å²) in [7, 11) is -3.99. The largest absolute Gasteiger partial charge is 0.492 e. The molecule has 10 heteroatoms. The highest BCUT2D eigenvalue weighted by Gasteiger charge is 2.41. The number of amides is 2. The minimum Gasteiger partial charge on any atom is -0.492 e. The molecule has 2 atom stereocenters. The quantitative estimate of drug-likeness (QED) is 0.667. The first-order chi connectivity index (χ1) is 15.7. The third-order valence-electron chi connectivity index (χ3n) is 5.75. The predicted octanol–water partition coefficient (Wildman–Crippen LogP) is 2.90. The maximum absolute atomic E-state index is 13.6.